The molecule has 0 saturated heterocycles. The first kappa shape index (κ1) is 14.5. The van der Waals surface area contributed by atoms with Gasteiger partial charge in [-0.1, -0.05) is 35.4 Å². The highest BCUT2D eigenvalue weighted by Crippen LogP contribution is 2.19. The molecule has 1 aromatic carbocycles. The van der Waals surface area contributed by atoms with Gasteiger partial charge in [-0.3, -0.25) is 9.78 Å². The molecule has 1 aromatic heterocycles. The van der Waals surface area contributed by atoms with Gasteiger partial charge in [-0.25, -0.2) is 4.98 Å². The van der Waals surface area contributed by atoms with E-state index < -0.39 is 0 Å². The zero-order chi connectivity index (χ0) is 14.7. The van der Waals surface area contributed by atoms with Crippen molar-refractivity contribution in [1.82, 2.24) is 15.3 Å². The number of carbonyl (C=O) groups is 1. The molecule has 0 radical (unpaired) electrons. The van der Waals surface area contributed by atoms with Crippen molar-refractivity contribution in [2.75, 3.05) is 0 Å². The highest BCUT2D eigenvalue weighted by Gasteiger charge is 2.14. The minimum Gasteiger partial charge on any atom is -0.344 e. The quantitative estimate of drug-likeness (QED) is 0.944. The maximum Gasteiger partial charge on any atom is 0.272 e. The van der Waals surface area contributed by atoms with Gasteiger partial charge >= 0.3 is 0 Å². The summed E-state index contributed by atoms with van der Waals surface area (Å²) >= 11 is 5.73. The molecule has 5 heteroatoms. The van der Waals surface area contributed by atoms with E-state index in [-0.39, 0.29) is 22.8 Å². The molecule has 20 heavy (non-hydrogen) atoms. The number of nitrogens with zero attached hydrogens (tertiary/aromatic N) is 2. The summed E-state index contributed by atoms with van der Waals surface area (Å²) in [7, 11) is 0. The molecule has 0 aliphatic carbocycles. The van der Waals surface area contributed by atoms with Crippen LogP contribution in [0.5, 0.6) is 0 Å². The molecule has 4 nitrogen and oxygen atoms in total. The lowest BCUT2D eigenvalue weighted by Gasteiger charge is -2.16. The molecule has 0 saturated carbocycles. The van der Waals surface area contributed by atoms with Crippen LogP contribution < -0.4 is 5.32 Å². The Labute approximate surface area is 123 Å². The van der Waals surface area contributed by atoms with E-state index in [2.05, 4.69) is 21.4 Å². The number of aromatic nitrogens is 2. The fraction of sp³-hybridized carbons (Fsp3) is 0.267. The van der Waals surface area contributed by atoms with Crippen molar-refractivity contribution < 1.29 is 4.79 Å². The zero-order valence-corrected chi connectivity index (χ0v) is 12.4. The summed E-state index contributed by atoms with van der Waals surface area (Å²) < 4.78 is 0. The van der Waals surface area contributed by atoms with Gasteiger partial charge < -0.3 is 5.32 Å². The standard InChI is InChI=1S/C15H16ClN3O/c1-9-4-5-12(10(2)6-9)11(3)18-15(20)13-7-17-8-14(16)19-13/h4-8,11H,1-3H3,(H,18,20). The third kappa shape index (κ3) is 3.33. The van der Waals surface area contributed by atoms with Crippen LogP contribution in [-0.4, -0.2) is 15.9 Å². The first-order chi connectivity index (χ1) is 9.47. The second-order valence-electron chi connectivity index (χ2n) is 4.78. The number of benzene rings is 1. The van der Waals surface area contributed by atoms with Crippen molar-refractivity contribution in [2.24, 2.45) is 0 Å². The third-order valence-electron chi connectivity index (χ3n) is 3.08. The lowest BCUT2D eigenvalue weighted by molar-refractivity contribution is 0.0934. The van der Waals surface area contributed by atoms with Crippen molar-refractivity contribution >= 4 is 17.5 Å². The van der Waals surface area contributed by atoms with Crippen molar-refractivity contribution in [3.8, 4) is 0 Å². The van der Waals surface area contributed by atoms with Crippen LogP contribution in [-0.2, 0) is 0 Å². The van der Waals surface area contributed by atoms with Crippen LogP contribution in [0, 0.1) is 13.8 Å². The molecule has 0 fully saturated rings. The molecule has 1 N–H and O–H groups in total. The van der Waals surface area contributed by atoms with Gasteiger partial charge in [0.15, 0.2) is 0 Å². The van der Waals surface area contributed by atoms with Gasteiger partial charge in [0.1, 0.15) is 10.8 Å². The topological polar surface area (TPSA) is 54.9 Å². The summed E-state index contributed by atoms with van der Waals surface area (Å²) in [6.07, 6.45) is 2.79. The van der Waals surface area contributed by atoms with E-state index in [0.717, 1.165) is 11.1 Å². The zero-order valence-electron chi connectivity index (χ0n) is 11.6. The lowest BCUT2D eigenvalue weighted by atomic mass is 10.0. The monoisotopic (exact) mass is 289 g/mol. The van der Waals surface area contributed by atoms with E-state index in [1.54, 1.807) is 0 Å². The van der Waals surface area contributed by atoms with Crippen LogP contribution in [0.25, 0.3) is 0 Å². The Morgan fingerprint density at radius 2 is 2.05 bits per heavy atom. The van der Waals surface area contributed by atoms with Gasteiger partial charge in [0.05, 0.1) is 18.4 Å². The number of hydrogen-bond acceptors (Lipinski definition) is 3. The average Bonchev–Trinajstić information content (AvgIpc) is 2.38. The van der Waals surface area contributed by atoms with Crippen LogP contribution in [0.3, 0.4) is 0 Å². The Morgan fingerprint density at radius 1 is 1.30 bits per heavy atom. The SMILES string of the molecule is Cc1ccc(C(C)NC(=O)c2cncc(Cl)n2)c(C)c1. The average molecular weight is 290 g/mol. The highest BCUT2D eigenvalue weighted by molar-refractivity contribution is 6.29. The molecule has 2 rings (SSSR count). The summed E-state index contributed by atoms with van der Waals surface area (Å²) in [5, 5.41) is 3.11. The van der Waals surface area contributed by atoms with Crippen molar-refractivity contribution in [1.29, 1.82) is 0 Å². The number of amides is 1. The van der Waals surface area contributed by atoms with E-state index in [4.69, 9.17) is 11.6 Å². The predicted molar refractivity (Wildman–Crippen MR) is 78.8 cm³/mol. The molecule has 1 atom stereocenters. The number of hydrogen-bond donors (Lipinski definition) is 1. The molecule has 104 valence electrons. The number of halogens is 1. The van der Waals surface area contributed by atoms with Gasteiger partial charge in [-0.15, -0.1) is 0 Å². The highest BCUT2D eigenvalue weighted by atomic mass is 35.5. The van der Waals surface area contributed by atoms with Crippen LogP contribution in [0.4, 0.5) is 0 Å². The summed E-state index contributed by atoms with van der Waals surface area (Å²) in [5.74, 6) is -0.285. The Kier molecular flexibility index (Phi) is 4.35. The molecular formula is C15H16ClN3O. The molecule has 2 aromatic rings. The van der Waals surface area contributed by atoms with E-state index >= 15 is 0 Å². The first-order valence-electron chi connectivity index (χ1n) is 6.33. The van der Waals surface area contributed by atoms with E-state index in [1.807, 2.05) is 32.9 Å². The van der Waals surface area contributed by atoms with Crippen molar-refractivity contribution in [3.05, 3.63) is 58.1 Å². The maximum absolute atomic E-state index is 12.1. The van der Waals surface area contributed by atoms with Gasteiger partial charge in [0.25, 0.3) is 5.91 Å². The third-order valence-corrected chi connectivity index (χ3v) is 3.26. The Bertz CT molecular complexity index is 643. The van der Waals surface area contributed by atoms with Crippen molar-refractivity contribution in [2.45, 2.75) is 26.8 Å². The molecule has 0 spiro atoms. The summed E-state index contributed by atoms with van der Waals surface area (Å²) in [5.41, 5.74) is 3.65. The second-order valence-corrected chi connectivity index (χ2v) is 5.17. The molecular weight excluding hydrogens is 274 g/mol. The summed E-state index contributed by atoms with van der Waals surface area (Å²) in [6, 6.07) is 6.05. The van der Waals surface area contributed by atoms with Crippen LogP contribution in [0.15, 0.2) is 30.6 Å². The number of rotatable bonds is 3. The van der Waals surface area contributed by atoms with E-state index in [1.165, 1.54) is 18.0 Å². The van der Waals surface area contributed by atoms with Crippen LogP contribution in [0.1, 0.15) is 40.1 Å². The second kappa shape index (κ2) is 6.01. The molecule has 0 aliphatic heterocycles. The summed E-state index contributed by atoms with van der Waals surface area (Å²) in [4.78, 5) is 19.9. The van der Waals surface area contributed by atoms with Crippen LogP contribution >= 0.6 is 11.6 Å². The largest absolute Gasteiger partial charge is 0.344 e. The van der Waals surface area contributed by atoms with Gasteiger partial charge in [0.2, 0.25) is 0 Å². The smallest absolute Gasteiger partial charge is 0.272 e. The number of carbonyl (C=O) groups excluding carboxylic acids is 1. The molecule has 0 aliphatic rings. The minimum atomic E-state index is -0.285. The molecule has 0 bridgehead atoms. The lowest BCUT2D eigenvalue weighted by Crippen LogP contribution is -2.28. The minimum absolute atomic E-state index is 0.108. The summed E-state index contributed by atoms with van der Waals surface area (Å²) in [6.45, 7) is 6.01. The predicted octanol–water partition coefficient (Wildman–Crippen LogP) is 3.24. The van der Waals surface area contributed by atoms with Gasteiger partial charge in [-0.05, 0) is 31.9 Å². The van der Waals surface area contributed by atoms with Crippen molar-refractivity contribution in [3.63, 3.8) is 0 Å². The first-order valence-corrected chi connectivity index (χ1v) is 6.70. The Morgan fingerprint density at radius 3 is 2.70 bits per heavy atom. The fourth-order valence-corrected chi connectivity index (χ4v) is 2.26. The Balaban J connectivity index is 2.15. The van der Waals surface area contributed by atoms with E-state index in [9.17, 15) is 4.79 Å². The molecule has 1 heterocycles. The number of nitrogens with one attached hydrogen (secondary N) is 1. The normalized spacial score (nSPS) is 12.0. The maximum atomic E-state index is 12.1. The molecule has 1 unspecified atom stereocenters. The molecule has 1 amide bonds. The van der Waals surface area contributed by atoms with Crippen LogP contribution in [0.2, 0.25) is 5.15 Å². The van der Waals surface area contributed by atoms with Gasteiger partial charge in [0, 0.05) is 0 Å². The Hall–Kier alpha value is -1.94. The van der Waals surface area contributed by atoms with Gasteiger partial charge in [-0.2, -0.15) is 0 Å². The van der Waals surface area contributed by atoms with E-state index in [0.29, 0.717) is 0 Å². The number of aryl methyl sites for hydroxylation is 2. The fourth-order valence-electron chi connectivity index (χ4n) is 2.11.